The van der Waals surface area contributed by atoms with Gasteiger partial charge in [0, 0.05) is 5.56 Å². The van der Waals surface area contributed by atoms with Gasteiger partial charge in [-0.25, -0.2) is 8.78 Å². The van der Waals surface area contributed by atoms with Gasteiger partial charge in [0.1, 0.15) is 11.6 Å². The van der Waals surface area contributed by atoms with Crippen molar-refractivity contribution in [2.24, 2.45) is 0 Å². The second kappa shape index (κ2) is 3.83. The monoisotopic (exact) mass is 204 g/mol. The quantitative estimate of drug-likeness (QED) is 0.677. The van der Waals surface area contributed by atoms with Crippen LogP contribution in [0.25, 0.3) is 0 Å². The fraction of sp³-hybridized carbons (Fsp3) is 0.222. The number of halogens is 3. The van der Waals surface area contributed by atoms with E-state index in [1.165, 1.54) is 13.0 Å². The summed E-state index contributed by atoms with van der Waals surface area (Å²) in [4.78, 5) is 10.7. The Morgan fingerprint density at radius 1 is 1.38 bits per heavy atom. The van der Waals surface area contributed by atoms with Gasteiger partial charge in [0.05, 0.1) is 5.92 Å². The summed E-state index contributed by atoms with van der Waals surface area (Å²) in [5.41, 5.74) is -0.275. The zero-order chi connectivity index (χ0) is 10.0. The summed E-state index contributed by atoms with van der Waals surface area (Å²) in [5.74, 6) is -2.45. The number of benzene rings is 1. The van der Waals surface area contributed by atoms with Gasteiger partial charge in [0.15, 0.2) is 0 Å². The molecule has 0 unspecified atom stereocenters. The van der Waals surface area contributed by atoms with Gasteiger partial charge in [0.2, 0.25) is 5.24 Å². The third kappa shape index (κ3) is 2.04. The Bertz CT molecular complexity index is 318. The summed E-state index contributed by atoms with van der Waals surface area (Å²) in [7, 11) is 0. The maximum absolute atomic E-state index is 13.0. The van der Waals surface area contributed by atoms with Crippen molar-refractivity contribution in [2.45, 2.75) is 12.8 Å². The highest BCUT2D eigenvalue weighted by atomic mass is 35.5. The smallest absolute Gasteiger partial charge is 0.229 e. The van der Waals surface area contributed by atoms with Gasteiger partial charge < -0.3 is 0 Å². The highest BCUT2D eigenvalue weighted by Gasteiger charge is 2.20. The van der Waals surface area contributed by atoms with E-state index in [1.54, 1.807) is 0 Å². The maximum atomic E-state index is 13.0. The highest BCUT2D eigenvalue weighted by Crippen LogP contribution is 2.23. The Labute approximate surface area is 79.3 Å². The van der Waals surface area contributed by atoms with Crippen molar-refractivity contribution in [3.05, 3.63) is 35.4 Å². The van der Waals surface area contributed by atoms with E-state index in [9.17, 15) is 13.6 Å². The normalized spacial score (nSPS) is 12.6. The molecule has 0 aliphatic rings. The van der Waals surface area contributed by atoms with Crippen molar-refractivity contribution in [1.29, 1.82) is 0 Å². The topological polar surface area (TPSA) is 17.1 Å². The number of hydrogen-bond acceptors (Lipinski definition) is 1. The molecule has 4 heteroatoms. The maximum Gasteiger partial charge on any atom is 0.229 e. The first-order valence-electron chi connectivity index (χ1n) is 3.67. The van der Waals surface area contributed by atoms with E-state index in [2.05, 4.69) is 0 Å². The fourth-order valence-corrected chi connectivity index (χ4v) is 1.15. The van der Waals surface area contributed by atoms with Gasteiger partial charge in [0.25, 0.3) is 0 Å². The molecule has 0 amide bonds. The SMILES string of the molecule is C[C@@H](C(=O)Cl)c1c(F)cccc1F. The van der Waals surface area contributed by atoms with Gasteiger partial charge in [-0.15, -0.1) is 0 Å². The van der Waals surface area contributed by atoms with E-state index in [0.717, 1.165) is 12.1 Å². The van der Waals surface area contributed by atoms with Crippen molar-refractivity contribution in [2.75, 3.05) is 0 Å². The van der Waals surface area contributed by atoms with E-state index >= 15 is 0 Å². The predicted octanol–water partition coefficient (Wildman–Crippen LogP) is 2.83. The molecule has 0 aromatic heterocycles. The first-order chi connectivity index (χ1) is 6.04. The molecule has 0 aliphatic heterocycles. The molecule has 1 atom stereocenters. The molecule has 0 saturated carbocycles. The van der Waals surface area contributed by atoms with Crippen LogP contribution in [0.4, 0.5) is 8.78 Å². The van der Waals surface area contributed by atoms with Crippen LogP contribution in [0.2, 0.25) is 0 Å². The average Bonchev–Trinajstić information content (AvgIpc) is 2.03. The molecular weight excluding hydrogens is 198 g/mol. The predicted molar refractivity (Wildman–Crippen MR) is 45.6 cm³/mol. The van der Waals surface area contributed by atoms with Crippen LogP contribution < -0.4 is 0 Å². The molecule has 70 valence electrons. The van der Waals surface area contributed by atoms with Gasteiger partial charge >= 0.3 is 0 Å². The van der Waals surface area contributed by atoms with Crippen LogP contribution in [0, 0.1) is 11.6 Å². The van der Waals surface area contributed by atoms with Crippen molar-refractivity contribution in [3.8, 4) is 0 Å². The Morgan fingerprint density at radius 3 is 2.23 bits per heavy atom. The molecule has 1 rings (SSSR count). The highest BCUT2D eigenvalue weighted by molar-refractivity contribution is 6.64. The molecule has 0 fully saturated rings. The van der Waals surface area contributed by atoms with Crippen molar-refractivity contribution in [3.63, 3.8) is 0 Å². The minimum absolute atomic E-state index is 0.275. The van der Waals surface area contributed by atoms with Crippen LogP contribution in [0.3, 0.4) is 0 Å². The van der Waals surface area contributed by atoms with E-state index in [4.69, 9.17) is 11.6 Å². The van der Waals surface area contributed by atoms with Crippen molar-refractivity contribution >= 4 is 16.8 Å². The van der Waals surface area contributed by atoms with E-state index in [-0.39, 0.29) is 5.56 Å². The summed E-state index contributed by atoms with van der Waals surface area (Å²) < 4.78 is 26.0. The zero-order valence-corrected chi connectivity index (χ0v) is 7.61. The van der Waals surface area contributed by atoms with Crippen LogP contribution in [0.5, 0.6) is 0 Å². The number of carbonyl (C=O) groups is 1. The van der Waals surface area contributed by atoms with Crippen LogP contribution in [0.1, 0.15) is 18.4 Å². The minimum atomic E-state index is -0.956. The number of rotatable bonds is 2. The Kier molecular flexibility index (Phi) is 2.98. The first kappa shape index (κ1) is 10.1. The molecule has 0 bridgehead atoms. The molecule has 0 radical (unpaired) electrons. The summed E-state index contributed by atoms with van der Waals surface area (Å²) >= 11 is 5.13. The summed E-state index contributed by atoms with van der Waals surface area (Å²) in [5, 5.41) is -0.774. The number of carbonyl (C=O) groups excluding carboxylic acids is 1. The lowest BCUT2D eigenvalue weighted by molar-refractivity contribution is -0.112. The third-order valence-electron chi connectivity index (χ3n) is 1.77. The lowest BCUT2D eigenvalue weighted by atomic mass is 10.0. The van der Waals surface area contributed by atoms with Crippen LogP contribution >= 0.6 is 11.6 Å². The van der Waals surface area contributed by atoms with Crippen LogP contribution in [-0.2, 0) is 4.79 Å². The Balaban J connectivity index is 3.20. The largest absolute Gasteiger partial charge is 0.281 e. The summed E-state index contributed by atoms with van der Waals surface area (Å²) in [6.07, 6.45) is 0. The second-order valence-electron chi connectivity index (χ2n) is 2.66. The Morgan fingerprint density at radius 2 is 1.85 bits per heavy atom. The Hall–Kier alpha value is -0.960. The lowest BCUT2D eigenvalue weighted by Gasteiger charge is -2.08. The van der Waals surface area contributed by atoms with Gasteiger partial charge in [-0.05, 0) is 30.7 Å². The first-order valence-corrected chi connectivity index (χ1v) is 4.05. The fourth-order valence-electron chi connectivity index (χ4n) is 1.04. The molecule has 0 saturated heterocycles. The molecule has 1 nitrogen and oxygen atoms in total. The number of hydrogen-bond donors (Lipinski definition) is 0. The van der Waals surface area contributed by atoms with Crippen molar-refractivity contribution in [1.82, 2.24) is 0 Å². The minimum Gasteiger partial charge on any atom is -0.281 e. The standard InChI is InChI=1S/C9H7ClF2O/c1-5(9(10)13)8-6(11)3-2-4-7(8)12/h2-5H,1H3/t5-/m1/s1. The summed E-state index contributed by atoms with van der Waals surface area (Å²) in [6.45, 7) is 1.36. The molecular formula is C9H7ClF2O. The van der Waals surface area contributed by atoms with Crippen LogP contribution in [0.15, 0.2) is 18.2 Å². The van der Waals surface area contributed by atoms with E-state index in [1.807, 2.05) is 0 Å². The molecule has 0 N–H and O–H groups in total. The van der Waals surface area contributed by atoms with Gasteiger partial charge in [-0.2, -0.15) is 0 Å². The second-order valence-corrected chi connectivity index (χ2v) is 3.03. The molecule has 1 aromatic carbocycles. The molecule has 0 heterocycles. The van der Waals surface area contributed by atoms with Gasteiger partial charge in [-0.3, -0.25) is 4.79 Å². The lowest BCUT2D eigenvalue weighted by Crippen LogP contribution is -2.07. The van der Waals surface area contributed by atoms with Gasteiger partial charge in [-0.1, -0.05) is 6.07 Å². The van der Waals surface area contributed by atoms with E-state index < -0.39 is 22.8 Å². The van der Waals surface area contributed by atoms with Crippen LogP contribution in [-0.4, -0.2) is 5.24 Å². The third-order valence-corrected chi connectivity index (χ3v) is 2.10. The molecule has 1 aromatic rings. The zero-order valence-electron chi connectivity index (χ0n) is 6.85. The van der Waals surface area contributed by atoms with Crippen molar-refractivity contribution < 1.29 is 13.6 Å². The average molecular weight is 205 g/mol. The molecule has 13 heavy (non-hydrogen) atoms. The molecule has 0 aliphatic carbocycles. The molecule has 0 spiro atoms. The van der Waals surface area contributed by atoms with E-state index in [0.29, 0.717) is 0 Å². The summed E-state index contributed by atoms with van der Waals surface area (Å²) in [6, 6.07) is 3.42.